The summed E-state index contributed by atoms with van der Waals surface area (Å²) in [4.78, 5) is 0. The minimum Gasteiger partial charge on any atom is -0.493 e. The monoisotopic (exact) mass is 261 g/mol. The van der Waals surface area contributed by atoms with Crippen molar-refractivity contribution in [2.45, 2.75) is 19.4 Å². The second-order valence-electron chi connectivity index (χ2n) is 4.19. The van der Waals surface area contributed by atoms with Gasteiger partial charge in [0, 0.05) is 11.8 Å². The Morgan fingerprint density at radius 1 is 1.16 bits per heavy atom. The third-order valence-electron chi connectivity index (χ3n) is 3.02. The van der Waals surface area contributed by atoms with Crippen molar-refractivity contribution in [3.05, 3.63) is 42.4 Å². The highest BCUT2D eigenvalue weighted by atomic mass is 16.5. The van der Waals surface area contributed by atoms with Crippen LogP contribution in [0.5, 0.6) is 11.5 Å². The first kappa shape index (κ1) is 13.3. The number of anilines is 1. The van der Waals surface area contributed by atoms with Crippen LogP contribution in [-0.4, -0.2) is 14.2 Å². The lowest BCUT2D eigenvalue weighted by atomic mass is 10.1. The van der Waals surface area contributed by atoms with E-state index < -0.39 is 0 Å². The standard InChI is InChI=1S/C15H19NO3/c1-4-12(13-6-5-9-19-13)16-11-7-8-14(17-2)15(10-11)18-3/h5-10,12,16H,4H2,1-3H3. The van der Waals surface area contributed by atoms with E-state index in [1.54, 1.807) is 20.5 Å². The average Bonchev–Trinajstić information content (AvgIpc) is 2.98. The predicted molar refractivity (Wildman–Crippen MR) is 74.9 cm³/mol. The second kappa shape index (κ2) is 6.18. The van der Waals surface area contributed by atoms with E-state index in [-0.39, 0.29) is 6.04 Å². The highest BCUT2D eigenvalue weighted by molar-refractivity contribution is 5.55. The van der Waals surface area contributed by atoms with Crippen LogP contribution < -0.4 is 14.8 Å². The molecular weight excluding hydrogens is 242 g/mol. The summed E-state index contributed by atoms with van der Waals surface area (Å²) in [7, 11) is 3.26. The number of benzene rings is 1. The summed E-state index contributed by atoms with van der Waals surface area (Å²) in [5.74, 6) is 2.36. The molecule has 0 fully saturated rings. The van der Waals surface area contributed by atoms with Gasteiger partial charge in [0.25, 0.3) is 0 Å². The van der Waals surface area contributed by atoms with Gasteiger partial charge in [-0.05, 0) is 30.7 Å². The molecule has 4 heteroatoms. The second-order valence-corrected chi connectivity index (χ2v) is 4.19. The number of furan rings is 1. The van der Waals surface area contributed by atoms with Gasteiger partial charge in [-0.2, -0.15) is 0 Å². The largest absolute Gasteiger partial charge is 0.493 e. The van der Waals surface area contributed by atoms with Crippen LogP contribution in [0.1, 0.15) is 25.1 Å². The Balaban J connectivity index is 2.18. The average molecular weight is 261 g/mol. The molecule has 0 aliphatic carbocycles. The van der Waals surface area contributed by atoms with Crippen molar-refractivity contribution in [2.75, 3.05) is 19.5 Å². The molecule has 0 aliphatic rings. The van der Waals surface area contributed by atoms with Gasteiger partial charge in [0.2, 0.25) is 0 Å². The van der Waals surface area contributed by atoms with Crippen LogP contribution in [0.25, 0.3) is 0 Å². The number of rotatable bonds is 6. The molecule has 2 rings (SSSR count). The Labute approximate surface area is 113 Å². The Morgan fingerprint density at radius 2 is 1.95 bits per heavy atom. The molecule has 0 spiro atoms. The summed E-state index contributed by atoms with van der Waals surface area (Å²) in [5, 5.41) is 3.43. The van der Waals surface area contributed by atoms with E-state index in [0.29, 0.717) is 5.75 Å². The maximum absolute atomic E-state index is 5.44. The Kier molecular flexibility index (Phi) is 4.34. The minimum absolute atomic E-state index is 0.146. The number of nitrogens with one attached hydrogen (secondary N) is 1. The topological polar surface area (TPSA) is 43.6 Å². The van der Waals surface area contributed by atoms with Crippen molar-refractivity contribution in [1.82, 2.24) is 0 Å². The van der Waals surface area contributed by atoms with E-state index in [1.165, 1.54) is 0 Å². The van der Waals surface area contributed by atoms with E-state index in [9.17, 15) is 0 Å². The van der Waals surface area contributed by atoms with Crippen LogP contribution >= 0.6 is 0 Å². The van der Waals surface area contributed by atoms with Gasteiger partial charge < -0.3 is 19.2 Å². The molecule has 0 saturated heterocycles. The molecule has 1 N–H and O–H groups in total. The van der Waals surface area contributed by atoms with Crippen molar-refractivity contribution in [1.29, 1.82) is 0 Å². The van der Waals surface area contributed by atoms with Gasteiger partial charge >= 0.3 is 0 Å². The molecule has 19 heavy (non-hydrogen) atoms. The number of methoxy groups -OCH3 is 2. The lowest BCUT2D eigenvalue weighted by Gasteiger charge is -2.17. The molecule has 1 aromatic carbocycles. The zero-order valence-corrected chi connectivity index (χ0v) is 11.5. The zero-order valence-electron chi connectivity index (χ0n) is 11.5. The van der Waals surface area contributed by atoms with E-state index in [4.69, 9.17) is 13.9 Å². The third kappa shape index (κ3) is 3.02. The minimum atomic E-state index is 0.146. The van der Waals surface area contributed by atoms with Gasteiger partial charge in [0.15, 0.2) is 11.5 Å². The fourth-order valence-electron chi connectivity index (χ4n) is 1.99. The molecule has 0 aliphatic heterocycles. The molecule has 102 valence electrons. The van der Waals surface area contributed by atoms with Gasteiger partial charge in [-0.15, -0.1) is 0 Å². The molecule has 1 unspecified atom stereocenters. The molecule has 2 aromatic rings. The molecule has 1 atom stereocenters. The van der Waals surface area contributed by atoms with Crippen LogP contribution in [0.15, 0.2) is 41.0 Å². The summed E-state index contributed by atoms with van der Waals surface area (Å²) >= 11 is 0. The molecular formula is C15H19NO3. The van der Waals surface area contributed by atoms with Crippen LogP contribution in [-0.2, 0) is 0 Å². The van der Waals surface area contributed by atoms with E-state index >= 15 is 0 Å². The summed E-state index contributed by atoms with van der Waals surface area (Å²) in [6.45, 7) is 2.11. The Bertz CT molecular complexity index is 508. The van der Waals surface area contributed by atoms with Crippen molar-refractivity contribution in [2.24, 2.45) is 0 Å². The lowest BCUT2D eigenvalue weighted by Crippen LogP contribution is -2.08. The fraction of sp³-hybridized carbons (Fsp3) is 0.333. The van der Waals surface area contributed by atoms with Crippen molar-refractivity contribution < 1.29 is 13.9 Å². The summed E-state index contributed by atoms with van der Waals surface area (Å²) < 4.78 is 16.0. The first-order chi connectivity index (χ1) is 9.28. The number of hydrogen-bond acceptors (Lipinski definition) is 4. The van der Waals surface area contributed by atoms with Crippen LogP contribution in [0, 0.1) is 0 Å². The van der Waals surface area contributed by atoms with Gasteiger partial charge in [-0.1, -0.05) is 6.92 Å². The highest BCUT2D eigenvalue weighted by Gasteiger charge is 2.13. The molecule has 0 saturated carbocycles. The Hall–Kier alpha value is -2.10. The van der Waals surface area contributed by atoms with Gasteiger partial charge in [0.05, 0.1) is 26.5 Å². The molecule has 0 bridgehead atoms. The maximum Gasteiger partial charge on any atom is 0.162 e. The molecule has 4 nitrogen and oxygen atoms in total. The predicted octanol–water partition coefficient (Wildman–Crippen LogP) is 3.86. The van der Waals surface area contributed by atoms with E-state index in [2.05, 4.69) is 12.2 Å². The van der Waals surface area contributed by atoms with Crippen molar-refractivity contribution >= 4 is 5.69 Å². The van der Waals surface area contributed by atoms with Gasteiger partial charge in [-0.3, -0.25) is 0 Å². The summed E-state index contributed by atoms with van der Waals surface area (Å²) in [6, 6.07) is 9.79. The quantitative estimate of drug-likeness (QED) is 0.857. The van der Waals surface area contributed by atoms with Crippen molar-refractivity contribution in [3.63, 3.8) is 0 Å². The van der Waals surface area contributed by atoms with Crippen LogP contribution in [0.2, 0.25) is 0 Å². The summed E-state index contributed by atoms with van der Waals surface area (Å²) in [5.41, 5.74) is 0.973. The normalized spacial score (nSPS) is 11.9. The first-order valence-corrected chi connectivity index (χ1v) is 6.30. The Morgan fingerprint density at radius 3 is 2.53 bits per heavy atom. The molecule has 1 heterocycles. The van der Waals surface area contributed by atoms with E-state index in [0.717, 1.165) is 23.6 Å². The number of ether oxygens (including phenoxy) is 2. The van der Waals surface area contributed by atoms with Crippen molar-refractivity contribution in [3.8, 4) is 11.5 Å². The summed E-state index contributed by atoms with van der Waals surface area (Å²) in [6.07, 6.45) is 2.62. The van der Waals surface area contributed by atoms with Gasteiger partial charge in [0.1, 0.15) is 5.76 Å². The van der Waals surface area contributed by atoms with E-state index in [1.807, 2.05) is 30.3 Å². The SMILES string of the molecule is CCC(Nc1ccc(OC)c(OC)c1)c1ccco1. The highest BCUT2D eigenvalue weighted by Crippen LogP contribution is 2.32. The third-order valence-corrected chi connectivity index (χ3v) is 3.02. The van der Waals surface area contributed by atoms with Crippen LogP contribution in [0.3, 0.4) is 0 Å². The fourth-order valence-corrected chi connectivity index (χ4v) is 1.99. The molecule has 0 radical (unpaired) electrons. The van der Waals surface area contributed by atoms with Crippen LogP contribution in [0.4, 0.5) is 5.69 Å². The number of hydrogen-bond donors (Lipinski definition) is 1. The molecule has 0 amide bonds. The van der Waals surface area contributed by atoms with Gasteiger partial charge in [-0.25, -0.2) is 0 Å². The first-order valence-electron chi connectivity index (χ1n) is 6.30. The molecule has 1 aromatic heterocycles. The lowest BCUT2D eigenvalue weighted by molar-refractivity contribution is 0.355. The maximum atomic E-state index is 5.44. The smallest absolute Gasteiger partial charge is 0.162 e. The zero-order chi connectivity index (χ0) is 13.7.